The van der Waals surface area contributed by atoms with Gasteiger partial charge in [-0.3, -0.25) is 14.6 Å². The molecule has 6 heteroatoms. The number of likely N-dealkylation sites (tertiary alicyclic amines) is 1. The number of benzene rings is 2. The molecule has 146 valence electrons. The minimum atomic E-state index is -0.689. The molecule has 29 heavy (non-hydrogen) atoms. The molecule has 0 saturated carbocycles. The molecule has 3 aromatic rings. The number of aromatic nitrogens is 1. The fourth-order valence-corrected chi connectivity index (χ4v) is 5.43. The number of nitrogens with zero attached hydrogens (tertiary/aromatic N) is 2. The number of amides is 2. The van der Waals surface area contributed by atoms with Gasteiger partial charge >= 0.3 is 0 Å². The van der Waals surface area contributed by atoms with Gasteiger partial charge in [-0.25, -0.2) is 0 Å². The summed E-state index contributed by atoms with van der Waals surface area (Å²) in [5, 5.41) is 3.07. The fraction of sp³-hybridized carbons (Fsp3) is 0.261. The van der Waals surface area contributed by atoms with Crippen molar-refractivity contribution < 1.29 is 9.59 Å². The Morgan fingerprint density at radius 3 is 2.76 bits per heavy atom. The van der Waals surface area contributed by atoms with Crippen molar-refractivity contribution in [1.82, 2.24) is 9.88 Å². The zero-order chi connectivity index (χ0) is 19.8. The highest BCUT2D eigenvalue weighted by Crippen LogP contribution is 2.49. The number of para-hydroxylation sites is 1. The lowest BCUT2D eigenvalue weighted by Crippen LogP contribution is -2.49. The first-order chi connectivity index (χ1) is 14.2. The number of rotatable bonds is 4. The van der Waals surface area contributed by atoms with Gasteiger partial charge in [-0.05, 0) is 36.5 Å². The Kier molecular flexibility index (Phi) is 4.43. The lowest BCUT2D eigenvalue weighted by molar-refractivity contribution is -0.121. The van der Waals surface area contributed by atoms with Crippen LogP contribution in [0.25, 0.3) is 0 Å². The van der Waals surface area contributed by atoms with Crippen molar-refractivity contribution in [3.63, 3.8) is 0 Å². The maximum absolute atomic E-state index is 13.3. The predicted octanol–water partition coefficient (Wildman–Crippen LogP) is 3.88. The average Bonchev–Trinajstić information content (AvgIpc) is 3.47. The van der Waals surface area contributed by atoms with Gasteiger partial charge in [0.05, 0.1) is 23.2 Å². The standard InChI is InChI=1S/C23H21N3O2S/c27-21(19-14-24-15-29-19)26-13-12-23(17-8-4-5-9-18(17)25-22(23)28)20(26)11-10-16-6-2-1-3-7-16/h1-9,14-15,20H,10-13H2,(H,25,28)/t20-,23-/m0/s1. The van der Waals surface area contributed by atoms with E-state index in [0.29, 0.717) is 17.8 Å². The predicted molar refractivity (Wildman–Crippen MR) is 113 cm³/mol. The average molecular weight is 404 g/mol. The third-order valence-corrected chi connectivity index (χ3v) is 6.97. The van der Waals surface area contributed by atoms with E-state index in [1.807, 2.05) is 47.4 Å². The molecule has 2 aliphatic rings. The maximum Gasteiger partial charge on any atom is 0.265 e. The number of nitrogens with one attached hydrogen (secondary N) is 1. The number of carbonyl (C=O) groups excluding carboxylic acids is 2. The SMILES string of the molecule is O=C(c1cncs1)N1CC[C@@]2(C(=O)Nc3ccccc32)[C@@H]1CCc1ccccc1. The Morgan fingerprint density at radius 2 is 1.97 bits per heavy atom. The summed E-state index contributed by atoms with van der Waals surface area (Å²) in [6, 6.07) is 17.9. The molecule has 2 atom stereocenters. The Labute approximate surface area is 173 Å². The molecule has 0 bridgehead atoms. The van der Waals surface area contributed by atoms with Crippen LogP contribution in [0.3, 0.4) is 0 Å². The summed E-state index contributed by atoms with van der Waals surface area (Å²) in [6.45, 7) is 0.567. The van der Waals surface area contributed by atoms with Crippen molar-refractivity contribution in [2.75, 3.05) is 11.9 Å². The van der Waals surface area contributed by atoms with Gasteiger partial charge in [0, 0.05) is 12.2 Å². The molecular formula is C23H21N3O2S. The van der Waals surface area contributed by atoms with E-state index < -0.39 is 5.41 Å². The van der Waals surface area contributed by atoms with E-state index in [1.165, 1.54) is 16.9 Å². The molecule has 0 radical (unpaired) electrons. The van der Waals surface area contributed by atoms with Gasteiger partial charge in [0.25, 0.3) is 5.91 Å². The second kappa shape index (κ2) is 7.12. The lowest BCUT2D eigenvalue weighted by atomic mass is 9.73. The third kappa shape index (κ3) is 2.86. The Bertz CT molecular complexity index is 1050. The minimum absolute atomic E-state index is 0.0105. The summed E-state index contributed by atoms with van der Waals surface area (Å²) in [5.41, 5.74) is 4.09. The first kappa shape index (κ1) is 18.1. The van der Waals surface area contributed by atoms with Gasteiger partial charge in [0.2, 0.25) is 5.91 Å². The molecule has 5 nitrogen and oxygen atoms in total. The molecule has 2 amide bonds. The highest BCUT2D eigenvalue weighted by atomic mass is 32.1. The van der Waals surface area contributed by atoms with Gasteiger partial charge in [-0.1, -0.05) is 48.5 Å². The van der Waals surface area contributed by atoms with E-state index in [1.54, 1.807) is 11.7 Å². The highest BCUT2D eigenvalue weighted by molar-refractivity contribution is 7.11. The van der Waals surface area contributed by atoms with Gasteiger partial charge in [0.15, 0.2) is 0 Å². The number of carbonyl (C=O) groups is 2. The van der Waals surface area contributed by atoms with Crippen molar-refractivity contribution >= 4 is 28.8 Å². The number of aryl methyl sites for hydroxylation is 1. The largest absolute Gasteiger partial charge is 0.333 e. The summed E-state index contributed by atoms with van der Waals surface area (Å²) in [4.78, 5) is 33.1. The molecule has 5 rings (SSSR count). The first-order valence-electron chi connectivity index (χ1n) is 9.84. The van der Waals surface area contributed by atoms with Gasteiger partial charge < -0.3 is 10.2 Å². The maximum atomic E-state index is 13.3. The number of hydrogen-bond donors (Lipinski definition) is 1. The molecule has 1 aromatic heterocycles. The van der Waals surface area contributed by atoms with Crippen molar-refractivity contribution in [1.29, 1.82) is 0 Å². The van der Waals surface area contributed by atoms with E-state index in [4.69, 9.17) is 0 Å². The molecule has 1 N–H and O–H groups in total. The second-order valence-electron chi connectivity index (χ2n) is 7.63. The van der Waals surface area contributed by atoms with Gasteiger partial charge in [-0.15, -0.1) is 11.3 Å². The van der Waals surface area contributed by atoms with E-state index in [0.717, 1.165) is 24.1 Å². The molecule has 2 aliphatic heterocycles. The Hall–Kier alpha value is -2.99. The van der Waals surface area contributed by atoms with Crippen LogP contribution in [0.1, 0.15) is 33.6 Å². The second-order valence-corrected chi connectivity index (χ2v) is 8.51. The molecule has 3 heterocycles. The molecule has 1 spiro atoms. The van der Waals surface area contributed by atoms with Crippen molar-refractivity contribution in [3.8, 4) is 0 Å². The summed E-state index contributed by atoms with van der Waals surface area (Å²) in [6.07, 6.45) is 3.81. The number of hydrogen-bond acceptors (Lipinski definition) is 4. The van der Waals surface area contributed by atoms with E-state index >= 15 is 0 Å². The minimum Gasteiger partial charge on any atom is -0.333 e. The van der Waals surface area contributed by atoms with Crippen LogP contribution >= 0.6 is 11.3 Å². The summed E-state index contributed by atoms with van der Waals surface area (Å²) < 4.78 is 0. The van der Waals surface area contributed by atoms with Gasteiger partial charge in [-0.2, -0.15) is 0 Å². The lowest BCUT2D eigenvalue weighted by Gasteiger charge is -2.34. The Morgan fingerprint density at radius 1 is 1.17 bits per heavy atom. The van der Waals surface area contributed by atoms with Crippen molar-refractivity contribution in [3.05, 3.63) is 82.3 Å². The van der Waals surface area contributed by atoms with Crippen LogP contribution in [0, 0.1) is 0 Å². The van der Waals surface area contributed by atoms with Crippen molar-refractivity contribution in [2.45, 2.75) is 30.7 Å². The van der Waals surface area contributed by atoms with Gasteiger partial charge in [0.1, 0.15) is 4.88 Å². The molecule has 1 saturated heterocycles. The van der Waals surface area contributed by atoms with Crippen LogP contribution in [-0.2, 0) is 16.6 Å². The number of fused-ring (bicyclic) bond motifs is 2. The van der Waals surface area contributed by atoms with Crippen LogP contribution in [0.15, 0.2) is 66.3 Å². The van der Waals surface area contributed by atoms with Crippen LogP contribution < -0.4 is 5.32 Å². The van der Waals surface area contributed by atoms with Crippen LogP contribution in [-0.4, -0.2) is 34.3 Å². The molecule has 0 aliphatic carbocycles. The summed E-state index contributed by atoms with van der Waals surface area (Å²) >= 11 is 1.35. The Balaban J connectivity index is 1.54. The third-order valence-electron chi connectivity index (χ3n) is 6.21. The number of anilines is 1. The molecular weight excluding hydrogens is 382 g/mol. The molecule has 2 aromatic carbocycles. The summed E-state index contributed by atoms with van der Waals surface area (Å²) in [7, 11) is 0. The topological polar surface area (TPSA) is 62.3 Å². The van der Waals surface area contributed by atoms with E-state index in [2.05, 4.69) is 22.4 Å². The zero-order valence-corrected chi connectivity index (χ0v) is 16.7. The summed E-state index contributed by atoms with van der Waals surface area (Å²) in [5.74, 6) is -0.0176. The highest BCUT2D eigenvalue weighted by Gasteiger charge is 2.58. The molecule has 0 unspecified atom stereocenters. The fourth-order valence-electron chi connectivity index (χ4n) is 4.86. The molecule has 1 fully saturated rings. The normalized spacial score (nSPS) is 22.7. The first-order valence-corrected chi connectivity index (χ1v) is 10.7. The van der Waals surface area contributed by atoms with E-state index in [-0.39, 0.29) is 17.9 Å². The van der Waals surface area contributed by atoms with Crippen LogP contribution in [0.5, 0.6) is 0 Å². The van der Waals surface area contributed by atoms with Crippen LogP contribution in [0.2, 0.25) is 0 Å². The number of thiazole rings is 1. The smallest absolute Gasteiger partial charge is 0.265 e. The van der Waals surface area contributed by atoms with E-state index in [9.17, 15) is 9.59 Å². The van der Waals surface area contributed by atoms with Crippen LogP contribution in [0.4, 0.5) is 5.69 Å². The van der Waals surface area contributed by atoms with Crippen molar-refractivity contribution in [2.24, 2.45) is 0 Å². The quantitative estimate of drug-likeness (QED) is 0.719. The zero-order valence-electron chi connectivity index (χ0n) is 15.9. The monoisotopic (exact) mass is 403 g/mol.